The number of likely N-dealkylation sites (tertiary alicyclic amines) is 1. The molecule has 0 spiro atoms. The predicted molar refractivity (Wildman–Crippen MR) is 60.3 cm³/mol. The van der Waals surface area contributed by atoms with Gasteiger partial charge in [-0.2, -0.15) is 0 Å². The Morgan fingerprint density at radius 2 is 2.00 bits per heavy atom. The molecule has 1 heterocycles. The first-order valence-electron chi connectivity index (χ1n) is 5.94. The zero-order chi connectivity index (χ0) is 10.6. The summed E-state index contributed by atoms with van der Waals surface area (Å²) in [6.45, 7) is 7.26. The van der Waals surface area contributed by atoms with Crippen molar-refractivity contribution < 1.29 is 5.11 Å². The topological polar surface area (TPSA) is 23.5 Å². The quantitative estimate of drug-likeness (QED) is 0.751. The van der Waals surface area contributed by atoms with Crippen LogP contribution in [0, 0.1) is 17.8 Å². The summed E-state index contributed by atoms with van der Waals surface area (Å²) in [7, 11) is 2.20. The highest BCUT2D eigenvalue weighted by Gasteiger charge is 2.25. The molecule has 0 radical (unpaired) electrons. The number of aliphatic hydroxyl groups is 1. The van der Waals surface area contributed by atoms with E-state index in [4.69, 9.17) is 0 Å². The Morgan fingerprint density at radius 1 is 1.29 bits per heavy atom. The molecular weight excluding hydrogens is 174 g/mol. The van der Waals surface area contributed by atoms with Gasteiger partial charge < -0.3 is 10.0 Å². The van der Waals surface area contributed by atoms with Crippen LogP contribution in [0.15, 0.2) is 0 Å². The summed E-state index contributed by atoms with van der Waals surface area (Å²) in [5.41, 5.74) is 0. The summed E-state index contributed by atoms with van der Waals surface area (Å²) in [4.78, 5) is 2.41. The maximum absolute atomic E-state index is 9.39. The predicted octanol–water partition coefficient (Wildman–Crippen LogP) is 1.98. The lowest BCUT2D eigenvalue weighted by Crippen LogP contribution is -2.25. The summed E-state index contributed by atoms with van der Waals surface area (Å²) in [6.07, 6.45) is 3.86. The van der Waals surface area contributed by atoms with E-state index in [2.05, 4.69) is 25.8 Å². The summed E-state index contributed by atoms with van der Waals surface area (Å²) >= 11 is 0. The van der Waals surface area contributed by atoms with Gasteiger partial charge in [-0.1, -0.05) is 13.8 Å². The summed E-state index contributed by atoms with van der Waals surface area (Å²) in [5.74, 6) is 1.87. The van der Waals surface area contributed by atoms with Crippen molar-refractivity contribution in [3.05, 3.63) is 0 Å². The average Bonchev–Trinajstić information content (AvgIpc) is 2.32. The van der Waals surface area contributed by atoms with Crippen LogP contribution in [-0.4, -0.2) is 36.8 Å². The first-order valence-corrected chi connectivity index (χ1v) is 5.94. The molecule has 1 N–H and O–H groups in total. The fraction of sp³-hybridized carbons (Fsp3) is 1.00. The van der Waals surface area contributed by atoms with Crippen molar-refractivity contribution in [3.63, 3.8) is 0 Å². The van der Waals surface area contributed by atoms with E-state index in [0.29, 0.717) is 18.4 Å². The van der Waals surface area contributed by atoms with Gasteiger partial charge in [0.25, 0.3) is 0 Å². The van der Waals surface area contributed by atoms with E-state index >= 15 is 0 Å². The molecule has 0 amide bonds. The minimum atomic E-state index is 0.367. The molecule has 1 fully saturated rings. The Bertz CT molecular complexity index is 158. The van der Waals surface area contributed by atoms with E-state index < -0.39 is 0 Å². The number of aliphatic hydroxyl groups excluding tert-OH is 1. The van der Waals surface area contributed by atoms with Crippen LogP contribution in [0.25, 0.3) is 0 Å². The zero-order valence-electron chi connectivity index (χ0n) is 9.87. The Hall–Kier alpha value is -0.0800. The van der Waals surface area contributed by atoms with Crippen molar-refractivity contribution >= 4 is 0 Å². The maximum atomic E-state index is 9.39. The molecule has 2 atom stereocenters. The molecule has 84 valence electrons. The second-order valence-corrected chi connectivity index (χ2v) is 5.08. The molecule has 0 saturated carbocycles. The fourth-order valence-electron chi connectivity index (χ4n) is 2.60. The molecule has 1 aliphatic rings. The Labute approximate surface area is 88.3 Å². The lowest BCUT2D eigenvalue weighted by atomic mass is 9.80. The molecule has 0 aromatic rings. The fourth-order valence-corrected chi connectivity index (χ4v) is 2.60. The summed E-state index contributed by atoms with van der Waals surface area (Å²) < 4.78 is 0. The molecule has 2 heteroatoms. The van der Waals surface area contributed by atoms with Crippen molar-refractivity contribution in [2.45, 2.75) is 33.1 Å². The SMILES string of the molecule is CC(C)C(CO)C1CCCN(C)CC1. The number of hydrogen-bond donors (Lipinski definition) is 1. The maximum Gasteiger partial charge on any atom is 0.0464 e. The second kappa shape index (κ2) is 5.72. The van der Waals surface area contributed by atoms with Gasteiger partial charge in [-0.05, 0) is 57.2 Å². The van der Waals surface area contributed by atoms with Crippen molar-refractivity contribution in [2.75, 3.05) is 26.7 Å². The monoisotopic (exact) mass is 199 g/mol. The van der Waals surface area contributed by atoms with Crippen molar-refractivity contribution in [1.29, 1.82) is 0 Å². The van der Waals surface area contributed by atoms with Gasteiger partial charge in [-0.3, -0.25) is 0 Å². The van der Waals surface area contributed by atoms with Crippen LogP contribution < -0.4 is 0 Å². The van der Waals surface area contributed by atoms with E-state index in [1.54, 1.807) is 0 Å². The van der Waals surface area contributed by atoms with Gasteiger partial charge in [-0.15, -0.1) is 0 Å². The van der Waals surface area contributed by atoms with E-state index in [1.807, 2.05) is 0 Å². The third-order valence-corrected chi connectivity index (χ3v) is 3.67. The second-order valence-electron chi connectivity index (χ2n) is 5.08. The smallest absolute Gasteiger partial charge is 0.0464 e. The molecule has 1 aliphatic heterocycles. The molecule has 1 rings (SSSR count). The zero-order valence-corrected chi connectivity index (χ0v) is 9.87. The first-order chi connectivity index (χ1) is 6.65. The standard InChI is InChI=1S/C12H25NO/c1-10(2)12(9-14)11-5-4-7-13(3)8-6-11/h10-12,14H,4-9H2,1-3H3. The van der Waals surface area contributed by atoms with E-state index in [9.17, 15) is 5.11 Å². The Balaban J connectivity index is 2.48. The highest BCUT2D eigenvalue weighted by molar-refractivity contribution is 4.76. The van der Waals surface area contributed by atoms with Crippen LogP contribution in [0.1, 0.15) is 33.1 Å². The van der Waals surface area contributed by atoms with Gasteiger partial charge in [0.2, 0.25) is 0 Å². The van der Waals surface area contributed by atoms with Crippen molar-refractivity contribution in [2.24, 2.45) is 17.8 Å². The van der Waals surface area contributed by atoms with Gasteiger partial charge in [0.15, 0.2) is 0 Å². The molecule has 2 unspecified atom stereocenters. The number of rotatable bonds is 3. The van der Waals surface area contributed by atoms with Gasteiger partial charge in [0.1, 0.15) is 0 Å². The molecular formula is C12H25NO. The normalized spacial score (nSPS) is 27.6. The minimum Gasteiger partial charge on any atom is -0.396 e. The third kappa shape index (κ3) is 3.25. The van der Waals surface area contributed by atoms with Gasteiger partial charge in [0, 0.05) is 6.61 Å². The molecule has 0 aromatic heterocycles. The van der Waals surface area contributed by atoms with Crippen molar-refractivity contribution in [1.82, 2.24) is 4.90 Å². The van der Waals surface area contributed by atoms with Crippen LogP contribution in [-0.2, 0) is 0 Å². The van der Waals surface area contributed by atoms with E-state index in [-0.39, 0.29) is 0 Å². The van der Waals surface area contributed by atoms with Gasteiger partial charge >= 0.3 is 0 Å². The van der Waals surface area contributed by atoms with E-state index in [0.717, 1.165) is 5.92 Å². The number of nitrogens with zero attached hydrogens (tertiary/aromatic N) is 1. The van der Waals surface area contributed by atoms with Gasteiger partial charge in [-0.25, -0.2) is 0 Å². The van der Waals surface area contributed by atoms with Crippen LogP contribution in [0.4, 0.5) is 0 Å². The third-order valence-electron chi connectivity index (χ3n) is 3.67. The molecule has 0 aliphatic carbocycles. The minimum absolute atomic E-state index is 0.367. The van der Waals surface area contributed by atoms with Gasteiger partial charge in [0.05, 0.1) is 0 Å². The first kappa shape index (κ1) is 12.0. The highest BCUT2D eigenvalue weighted by Crippen LogP contribution is 2.29. The lowest BCUT2D eigenvalue weighted by Gasteiger charge is -2.27. The van der Waals surface area contributed by atoms with Crippen molar-refractivity contribution in [3.8, 4) is 0 Å². The van der Waals surface area contributed by atoms with Crippen LogP contribution in [0.3, 0.4) is 0 Å². The van der Waals surface area contributed by atoms with E-state index in [1.165, 1.54) is 32.4 Å². The molecule has 2 nitrogen and oxygen atoms in total. The van der Waals surface area contributed by atoms with Crippen LogP contribution >= 0.6 is 0 Å². The Morgan fingerprint density at radius 3 is 2.57 bits per heavy atom. The lowest BCUT2D eigenvalue weighted by molar-refractivity contribution is 0.125. The van der Waals surface area contributed by atoms with Crippen LogP contribution in [0.2, 0.25) is 0 Å². The molecule has 0 bridgehead atoms. The molecule has 14 heavy (non-hydrogen) atoms. The Kier molecular flexibility index (Phi) is 4.90. The highest BCUT2D eigenvalue weighted by atomic mass is 16.3. The molecule has 1 saturated heterocycles. The average molecular weight is 199 g/mol. The largest absolute Gasteiger partial charge is 0.396 e. The summed E-state index contributed by atoms with van der Waals surface area (Å²) in [6, 6.07) is 0. The number of hydrogen-bond acceptors (Lipinski definition) is 2. The molecule has 0 aromatic carbocycles. The summed E-state index contributed by atoms with van der Waals surface area (Å²) in [5, 5.41) is 9.39. The van der Waals surface area contributed by atoms with Crippen LogP contribution in [0.5, 0.6) is 0 Å².